The molecule has 0 saturated heterocycles. The van der Waals surface area contributed by atoms with Crippen LogP contribution in [0.25, 0.3) is 0 Å². The van der Waals surface area contributed by atoms with Crippen LogP contribution in [0, 0.1) is 0 Å². The fourth-order valence-corrected chi connectivity index (χ4v) is 0.455. The average Bonchev–Trinajstić information content (AvgIpc) is 1.82. The molecule has 2 N–H and O–H groups in total. The minimum Gasteiger partial charge on any atom is -0.373 e. The van der Waals surface area contributed by atoms with E-state index in [1.165, 1.54) is 6.92 Å². The number of hydrogen-bond acceptors (Lipinski definition) is 2. The van der Waals surface area contributed by atoms with E-state index in [9.17, 15) is 22.0 Å². The van der Waals surface area contributed by atoms with Crippen molar-refractivity contribution in [3.8, 4) is 0 Å². The zero-order valence-corrected chi connectivity index (χ0v) is 6.87. The minimum absolute atomic E-state index is 0.328. The van der Waals surface area contributed by atoms with Gasteiger partial charge in [-0.3, -0.25) is 0 Å². The maximum absolute atomic E-state index is 12.1. The molecule has 0 heterocycles. The fraction of sp³-hybridized carbons (Fsp3) is 1.00. The Kier molecular flexibility index (Phi) is 4.05. The topological polar surface area (TPSA) is 35.2 Å². The van der Waals surface area contributed by atoms with Gasteiger partial charge in [0.15, 0.2) is 0 Å². The van der Waals surface area contributed by atoms with Crippen LogP contribution in [0.4, 0.5) is 22.0 Å². The predicted octanol–water partition coefficient (Wildman–Crippen LogP) is 1.55. The van der Waals surface area contributed by atoms with Gasteiger partial charge in [0.05, 0.1) is 6.61 Å². The summed E-state index contributed by atoms with van der Waals surface area (Å²) < 4.78 is 62.8. The van der Waals surface area contributed by atoms with E-state index in [-0.39, 0.29) is 6.61 Å². The maximum Gasteiger partial charge on any atom is 0.455 e. The van der Waals surface area contributed by atoms with Crippen molar-refractivity contribution in [1.82, 2.24) is 0 Å². The first-order valence-corrected chi connectivity index (χ1v) is 3.44. The van der Waals surface area contributed by atoms with E-state index in [0.717, 1.165) is 0 Å². The standard InChI is InChI=1S/C6H10F5NO/c1-4(12)2-13-3-5(7,8)6(9,10)11/h4H,2-3,12H2,1H3/t4-/m0/s1. The van der Waals surface area contributed by atoms with Crippen LogP contribution in [0.1, 0.15) is 6.92 Å². The first-order chi connectivity index (χ1) is 5.67. The molecule has 0 radical (unpaired) electrons. The molecular weight excluding hydrogens is 197 g/mol. The highest BCUT2D eigenvalue weighted by atomic mass is 19.4. The van der Waals surface area contributed by atoms with Crippen LogP contribution in [-0.2, 0) is 4.74 Å². The van der Waals surface area contributed by atoms with Gasteiger partial charge in [0.25, 0.3) is 0 Å². The Morgan fingerprint density at radius 3 is 2.00 bits per heavy atom. The van der Waals surface area contributed by atoms with Gasteiger partial charge in [-0.2, -0.15) is 22.0 Å². The second kappa shape index (κ2) is 4.19. The zero-order valence-electron chi connectivity index (χ0n) is 6.87. The summed E-state index contributed by atoms with van der Waals surface area (Å²) in [5.41, 5.74) is 5.08. The molecule has 0 aromatic heterocycles. The Labute approximate surface area is 71.8 Å². The summed E-state index contributed by atoms with van der Waals surface area (Å²) in [6, 6.07) is -0.566. The zero-order chi connectivity index (χ0) is 10.7. The van der Waals surface area contributed by atoms with Crippen molar-refractivity contribution in [1.29, 1.82) is 0 Å². The molecule has 0 unspecified atom stereocenters. The molecular formula is C6H10F5NO. The average molecular weight is 207 g/mol. The Morgan fingerprint density at radius 2 is 1.69 bits per heavy atom. The van der Waals surface area contributed by atoms with Crippen LogP contribution >= 0.6 is 0 Å². The lowest BCUT2D eigenvalue weighted by Gasteiger charge is -2.19. The van der Waals surface area contributed by atoms with Crippen LogP contribution in [-0.4, -0.2) is 31.4 Å². The van der Waals surface area contributed by atoms with Gasteiger partial charge in [-0.1, -0.05) is 0 Å². The van der Waals surface area contributed by atoms with Crippen molar-refractivity contribution in [3.63, 3.8) is 0 Å². The molecule has 0 saturated carbocycles. The monoisotopic (exact) mass is 207 g/mol. The van der Waals surface area contributed by atoms with Crippen LogP contribution in [0.5, 0.6) is 0 Å². The van der Waals surface area contributed by atoms with Crippen molar-refractivity contribution in [3.05, 3.63) is 0 Å². The molecule has 0 amide bonds. The molecule has 0 aromatic carbocycles. The summed E-state index contributed by atoms with van der Waals surface area (Å²) in [5, 5.41) is 0. The summed E-state index contributed by atoms with van der Waals surface area (Å²) in [7, 11) is 0. The lowest BCUT2D eigenvalue weighted by molar-refractivity contribution is -0.296. The second-order valence-electron chi connectivity index (χ2n) is 2.69. The molecule has 2 nitrogen and oxygen atoms in total. The molecule has 0 aliphatic rings. The van der Waals surface area contributed by atoms with E-state index in [4.69, 9.17) is 5.73 Å². The molecule has 80 valence electrons. The molecule has 13 heavy (non-hydrogen) atoms. The number of hydrogen-bond donors (Lipinski definition) is 1. The summed E-state index contributed by atoms with van der Waals surface area (Å²) in [5.74, 6) is -4.80. The van der Waals surface area contributed by atoms with Crippen molar-refractivity contribution in [2.45, 2.75) is 25.1 Å². The third-order valence-corrected chi connectivity index (χ3v) is 1.08. The number of rotatable bonds is 4. The fourth-order valence-electron chi connectivity index (χ4n) is 0.455. The third kappa shape index (κ3) is 4.37. The highest BCUT2D eigenvalue weighted by Crippen LogP contribution is 2.35. The number of halogens is 5. The van der Waals surface area contributed by atoms with E-state index in [0.29, 0.717) is 0 Å². The van der Waals surface area contributed by atoms with E-state index < -0.39 is 24.7 Å². The third-order valence-electron chi connectivity index (χ3n) is 1.08. The van der Waals surface area contributed by atoms with Crippen LogP contribution in [0.15, 0.2) is 0 Å². The summed E-state index contributed by atoms with van der Waals surface area (Å²) in [6.45, 7) is -0.574. The van der Waals surface area contributed by atoms with E-state index in [1.807, 2.05) is 0 Å². The quantitative estimate of drug-likeness (QED) is 0.710. The van der Waals surface area contributed by atoms with Gasteiger partial charge >= 0.3 is 12.1 Å². The molecule has 1 atom stereocenters. The molecule has 0 bridgehead atoms. The first kappa shape index (κ1) is 12.6. The Morgan fingerprint density at radius 1 is 1.23 bits per heavy atom. The first-order valence-electron chi connectivity index (χ1n) is 3.44. The van der Waals surface area contributed by atoms with Crippen LogP contribution in [0.3, 0.4) is 0 Å². The molecule has 0 aliphatic carbocycles. The minimum atomic E-state index is -5.56. The van der Waals surface area contributed by atoms with Gasteiger partial charge in [0.2, 0.25) is 0 Å². The highest BCUT2D eigenvalue weighted by molar-refractivity contribution is 4.75. The molecule has 0 aromatic rings. The van der Waals surface area contributed by atoms with E-state index in [1.54, 1.807) is 0 Å². The van der Waals surface area contributed by atoms with Crippen molar-refractivity contribution in [2.75, 3.05) is 13.2 Å². The summed E-state index contributed by atoms with van der Waals surface area (Å²) >= 11 is 0. The number of nitrogens with two attached hydrogens (primary N) is 1. The Hall–Kier alpha value is -0.430. The van der Waals surface area contributed by atoms with Crippen LogP contribution < -0.4 is 5.73 Å². The van der Waals surface area contributed by atoms with Gasteiger partial charge in [0, 0.05) is 6.04 Å². The van der Waals surface area contributed by atoms with Gasteiger partial charge in [-0.15, -0.1) is 0 Å². The van der Waals surface area contributed by atoms with E-state index >= 15 is 0 Å². The molecule has 7 heteroatoms. The lowest BCUT2D eigenvalue weighted by Crippen LogP contribution is -2.41. The van der Waals surface area contributed by atoms with Crippen molar-refractivity contribution < 1.29 is 26.7 Å². The molecule has 0 spiro atoms. The highest BCUT2D eigenvalue weighted by Gasteiger charge is 2.57. The SMILES string of the molecule is C[C@H](N)COCC(F)(F)C(F)(F)F. The molecule has 0 aliphatic heterocycles. The maximum atomic E-state index is 12.1. The second-order valence-corrected chi connectivity index (χ2v) is 2.69. The number of ether oxygens (including phenoxy) is 1. The Balaban J connectivity index is 3.90. The molecule has 0 rings (SSSR count). The van der Waals surface area contributed by atoms with Gasteiger partial charge in [0.1, 0.15) is 6.61 Å². The Bertz CT molecular complexity index is 156. The molecule has 0 fully saturated rings. The smallest absolute Gasteiger partial charge is 0.373 e. The van der Waals surface area contributed by atoms with Crippen molar-refractivity contribution >= 4 is 0 Å². The van der Waals surface area contributed by atoms with Gasteiger partial charge in [-0.25, -0.2) is 0 Å². The predicted molar refractivity (Wildman–Crippen MR) is 35.5 cm³/mol. The lowest BCUT2D eigenvalue weighted by atomic mass is 10.3. The summed E-state index contributed by atoms with van der Waals surface area (Å²) in [6.07, 6.45) is -5.56. The number of alkyl halides is 5. The van der Waals surface area contributed by atoms with Gasteiger partial charge < -0.3 is 10.5 Å². The van der Waals surface area contributed by atoms with Crippen molar-refractivity contribution in [2.24, 2.45) is 5.73 Å². The normalized spacial score (nSPS) is 15.9. The van der Waals surface area contributed by atoms with Crippen LogP contribution in [0.2, 0.25) is 0 Å². The van der Waals surface area contributed by atoms with E-state index in [2.05, 4.69) is 4.74 Å². The summed E-state index contributed by atoms with van der Waals surface area (Å²) in [4.78, 5) is 0. The largest absolute Gasteiger partial charge is 0.455 e. The van der Waals surface area contributed by atoms with Gasteiger partial charge in [-0.05, 0) is 6.92 Å².